The summed E-state index contributed by atoms with van der Waals surface area (Å²) in [6, 6.07) is -5.36. The minimum atomic E-state index is -3.28. The van der Waals surface area contributed by atoms with Crippen molar-refractivity contribution in [3.63, 3.8) is 0 Å². The first kappa shape index (κ1) is 66.9. The van der Waals surface area contributed by atoms with Gasteiger partial charge < -0.3 is 160 Å². The zero-order valence-corrected chi connectivity index (χ0v) is 43.7. The minimum absolute atomic E-state index is 0.784. The molecule has 21 N–H and O–H groups in total. The summed E-state index contributed by atoms with van der Waals surface area (Å²) >= 11 is 0. The predicted octanol–water partition coefficient (Wildman–Crippen LogP) is -13.4. The molecular weight excluding hydrogens is 1110 g/mol. The van der Waals surface area contributed by atoms with E-state index in [-0.39, 0.29) is 0 Å². The largest absolute Gasteiger partial charge is 0.477 e. The summed E-state index contributed by atoms with van der Waals surface area (Å²) in [6.07, 6.45) is -56.4. The Hall–Kier alpha value is -3.24. The second kappa shape index (κ2) is 28.3. The third kappa shape index (κ3) is 14.5. The lowest BCUT2D eigenvalue weighted by atomic mass is 9.88. The van der Waals surface area contributed by atoms with E-state index in [0.717, 1.165) is 20.8 Å². The number of aliphatic carboxylic acids is 1. The summed E-state index contributed by atoms with van der Waals surface area (Å²) < 4.78 is 64.2. The zero-order valence-electron chi connectivity index (χ0n) is 43.7. The highest BCUT2D eigenvalue weighted by molar-refractivity contribution is 5.77. The molecule has 0 bridgehead atoms. The Morgan fingerprint density at radius 1 is 0.506 bits per heavy atom. The lowest BCUT2D eigenvalue weighted by Gasteiger charge is -2.52. The average molecular weight is 1190 g/mol. The Bertz CT molecular complexity index is 2080. The molecule has 6 aliphatic heterocycles. The van der Waals surface area contributed by atoms with Crippen molar-refractivity contribution in [2.75, 3.05) is 33.0 Å². The SMILES string of the molecule is CC(=O)N[C@H]1[C@H](O[C@H]2[C@@H](O)[C@@H](CO)O[C@@H](O[C@H]3[C@@H](O)[C@@H](CO)OC(O)[C@@H]3NC(C)=O)[C@@H]2O)O[C@H](CO)[C@@H](O[C@@H]2O[C@@H](C)[C@@H](O)[C@@H](O)[C@@H]2O)[C@@H]1O[C@@H]1O[C@H](CO)[C@H](O)[C@H](O[C@]2(C(=O)O)C[C@H](O)[C@@H](NC(C)=O)[C@H]([C@H](O)[C@H](O)CO)O2)[C@H]1O. The molecule has 6 rings (SSSR count). The molecule has 0 aliphatic carbocycles. The van der Waals surface area contributed by atoms with Crippen LogP contribution >= 0.6 is 0 Å². The van der Waals surface area contributed by atoms with Crippen LogP contribution in [0.3, 0.4) is 0 Å². The molecule has 1 unspecified atom stereocenters. The van der Waals surface area contributed by atoms with Crippen molar-refractivity contribution in [3.05, 3.63) is 0 Å². The number of carboxylic acid groups (broad SMARTS) is 1. The number of nitrogens with one attached hydrogen (secondary N) is 3. The molecule has 0 aromatic carbocycles. The fraction of sp³-hybridized carbons (Fsp3) is 0.911. The van der Waals surface area contributed by atoms with Gasteiger partial charge in [-0.25, -0.2) is 4.79 Å². The van der Waals surface area contributed by atoms with Crippen LogP contribution in [-0.2, 0) is 71.3 Å². The Morgan fingerprint density at radius 3 is 1.48 bits per heavy atom. The van der Waals surface area contributed by atoms with E-state index in [1.165, 1.54) is 6.92 Å². The Balaban J connectivity index is 1.40. The Labute approximate surface area is 459 Å². The van der Waals surface area contributed by atoms with Crippen LogP contribution in [-0.4, -0.2) is 338 Å². The van der Waals surface area contributed by atoms with Crippen LogP contribution in [0.25, 0.3) is 0 Å². The molecule has 0 spiro atoms. The molecule has 6 fully saturated rings. The van der Waals surface area contributed by atoms with Gasteiger partial charge in [0.2, 0.25) is 17.7 Å². The van der Waals surface area contributed by atoms with Gasteiger partial charge in [-0.1, -0.05) is 0 Å². The molecular formula is C45H75N3O33. The number of aliphatic hydroxyl groups excluding tert-OH is 17. The number of aliphatic hydroxyl groups is 17. The molecule has 81 heavy (non-hydrogen) atoms. The fourth-order valence-electron chi connectivity index (χ4n) is 10.4. The lowest BCUT2D eigenvalue weighted by molar-refractivity contribution is -0.398. The van der Waals surface area contributed by atoms with E-state index < -0.39 is 253 Å². The van der Waals surface area contributed by atoms with Gasteiger partial charge >= 0.3 is 5.97 Å². The van der Waals surface area contributed by atoms with E-state index in [0.29, 0.717) is 0 Å². The fourth-order valence-corrected chi connectivity index (χ4v) is 10.4. The molecule has 36 nitrogen and oxygen atoms in total. The third-order valence-corrected chi connectivity index (χ3v) is 14.6. The van der Waals surface area contributed by atoms with E-state index in [1.807, 2.05) is 0 Å². The number of carboxylic acids is 1. The quantitative estimate of drug-likeness (QED) is 0.0507. The summed E-state index contributed by atoms with van der Waals surface area (Å²) in [7, 11) is 0. The average Bonchev–Trinajstić information content (AvgIpc) is 3.45. The molecule has 0 aromatic rings. The van der Waals surface area contributed by atoms with Gasteiger partial charge in [0.05, 0.1) is 51.3 Å². The molecule has 468 valence electrons. The number of hydrogen-bond donors (Lipinski definition) is 21. The number of ether oxygens (including phenoxy) is 11. The monoisotopic (exact) mass is 1190 g/mol. The molecule has 0 aromatic heterocycles. The van der Waals surface area contributed by atoms with E-state index in [1.54, 1.807) is 0 Å². The van der Waals surface area contributed by atoms with Crippen LogP contribution in [0.5, 0.6) is 0 Å². The Kier molecular flexibility index (Phi) is 23.4. The van der Waals surface area contributed by atoms with Crippen LogP contribution in [0.15, 0.2) is 0 Å². The lowest BCUT2D eigenvalue weighted by Crippen LogP contribution is -2.72. The second-order valence-corrected chi connectivity index (χ2v) is 20.4. The van der Waals surface area contributed by atoms with Crippen LogP contribution in [0.2, 0.25) is 0 Å². The van der Waals surface area contributed by atoms with Gasteiger partial charge in [0.15, 0.2) is 31.5 Å². The molecule has 0 radical (unpaired) electrons. The van der Waals surface area contributed by atoms with Crippen molar-refractivity contribution >= 4 is 23.7 Å². The molecule has 36 heteroatoms. The summed E-state index contributed by atoms with van der Waals surface area (Å²) in [5.74, 6) is -8.03. The number of rotatable bonds is 21. The summed E-state index contributed by atoms with van der Waals surface area (Å²) in [5.41, 5.74) is 0. The summed E-state index contributed by atoms with van der Waals surface area (Å²) in [5, 5.41) is 203. The summed E-state index contributed by atoms with van der Waals surface area (Å²) in [4.78, 5) is 50.8. The van der Waals surface area contributed by atoms with Gasteiger partial charge in [-0.05, 0) is 6.92 Å². The molecule has 0 saturated carbocycles. The van der Waals surface area contributed by atoms with Gasteiger partial charge in [0.1, 0.15) is 134 Å². The highest BCUT2D eigenvalue weighted by Gasteiger charge is 2.62. The normalized spacial score (nSPS) is 46.7. The van der Waals surface area contributed by atoms with Gasteiger partial charge in [-0.3, -0.25) is 14.4 Å². The van der Waals surface area contributed by atoms with E-state index in [2.05, 4.69) is 16.0 Å². The molecule has 6 heterocycles. The molecule has 6 aliphatic rings. The minimum Gasteiger partial charge on any atom is -0.477 e. The molecule has 3 amide bonds. The molecule has 6 saturated heterocycles. The van der Waals surface area contributed by atoms with Crippen LogP contribution in [0, 0.1) is 0 Å². The first-order chi connectivity index (χ1) is 38.1. The highest BCUT2D eigenvalue weighted by Crippen LogP contribution is 2.40. The maximum atomic E-state index is 13.3. The van der Waals surface area contributed by atoms with Gasteiger partial charge in [0.25, 0.3) is 5.79 Å². The topological polar surface area (TPSA) is 570 Å². The number of carbonyl (C=O) groups is 4. The van der Waals surface area contributed by atoms with Crippen molar-refractivity contribution in [2.45, 2.75) is 224 Å². The second-order valence-electron chi connectivity index (χ2n) is 20.4. The van der Waals surface area contributed by atoms with Crippen molar-refractivity contribution < 1.29 is 163 Å². The number of carbonyl (C=O) groups excluding carboxylic acids is 3. The maximum Gasteiger partial charge on any atom is 0.364 e. The van der Waals surface area contributed by atoms with Crippen molar-refractivity contribution in [2.24, 2.45) is 0 Å². The first-order valence-electron chi connectivity index (χ1n) is 25.6. The third-order valence-electron chi connectivity index (χ3n) is 14.6. The van der Waals surface area contributed by atoms with Crippen molar-refractivity contribution in [1.82, 2.24) is 16.0 Å². The van der Waals surface area contributed by atoms with Crippen molar-refractivity contribution in [3.8, 4) is 0 Å². The predicted molar refractivity (Wildman–Crippen MR) is 250 cm³/mol. The zero-order chi connectivity index (χ0) is 60.3. The summed E-state index contributed by atoms with van der Waals surface area (Å²) in [6.45, 7) is -1.34. The van der Waals surface area contributed by atoms with Gasteiger partial charge in [-0.15, -0.1) is 0 Å². The smallest absolute Gasteiger partial charge is 0.364 e. The highest BCUT2D eigenvalue weighted by atomic mass is 16.8. The number of amides is 3. The number of hydrogen-bond acceptors (Lipinski definition) is 32. The van der Waals surface area contributed by atoms with Crippen molar-refractivity contribution in [1.29, 1.82) is 0 Å². The van der Waals surface area contributed by atoms with Crippen LogP contribution in [0.4, 0.5) is 0 Å². The van der Waals surface area contributed by atoms with E-state index >= 15 is 0 Å². The standard InChI is InChI=1S/C45H75N3O33/c1-11-24(59)29(64)30(65)41(71-11)76-33-20(10-53)75-40(79-37-27(62)18(8-51)73-42(31(37)66)77-34-22(47-13(3)55)39(68)72-17(7-50)26(34)61)23(48-14(4)56)36(33)78-43-32(67)38(28(63)19(9-52)74-43)81-45(44(69)70)5-15(57)21(46-12(2)54)35(80-45)25(60)16(58)6-49/h11,15-43,49-53,57-68H,5-10H2,1-4H3,(H,46,54)(H,47,55)(H,48,56)(H,69,70)/t11-,15-,16+,17+,18+,19+,20+,21+,22+,23+,24+,25+,26-,27-,28-,29+,30-,31+,32+,33+,34+,35+,36+,37-,38-,39?,40-,41-,42-,43-,45-/m0/s1. The van der Waals surface area contributed by atoms with E-state index in [4.69, 9.17) is 52.1 Å². The van der Waals surface area contributed by atoms with E-state index in [9.17, 15) is 111 Å². The first-order valence-corrected chi connectivity index (χ1v) is 25.6. The van der Waals surface area contributed by atoms with Gasteiger partial charge in [0, 0.05) is 27.2 Å². The maximum absolute atomic E-state index is 13.3. The van der Waals surface area contributed by atoms with Crippen LogP contribution in [0.1, 0.15) is 34.1 Å². The molecule has 31 atom stereocenters. The van der Waals surface area contributed by atoms with Crippen LogP contribution < -0.4 is 16.0 Å². The van der Waals surface area contributed by atoms with Gasteiger partial charge in [-0.2, -0.15) is 0 Å². The Morgan fingerprint density at radius 2 is 0.951 bits per heavy atom.